The highest BCUT2D eigenvalue weighted by Gasteiger charge is 2.45. The van der Waals surface area contributed by atoms with Crippen LogP contribution in [-0.2, 0) is 0 Å². The van der Waals surface area contributed by atoms with Gasteiger partial charge in [0.25, 0.3) is 0 Å². The summed E-state index contributed by atoms with van der Waals surface area (Å²) in [5, 5.41) is 1.21. The minimum atomic E-state index is 0.648. The van der Waals surface area contributed by atoms with Crippen LogP contribution >= 0.6 is 15.9 Å². The Labute approximate surface area is 107 Å². The highest BCUT2D eigenvalue weighted by atomic mass is 79.9. The molecule has 3 aliphatic rings. The Hall–Kier alpha value is 0.400. The number of hydrogen-bond acceptors (Lipinski definition) is 2. The molecule has 2 heterocycles. The normalized spacial score (nSPS) is 38.6. The fourth-order valence-corrected chi connectivity index (χ4v) is 4.15. The van der Waals surface area contributed by atoms with Gasteiger partial charge in [-0.1, -0.05) is 15.9 Å². The van der Waals surface area contributed by atoms with E-state index in [4.69, 9.17) is 0 Å². The van der Waals surface area contributed by atoms with Crippen molar-refractivity contribution < 1.29 is 0 Å². The lowest BCUT2D eigenvalue weighted by atomic mass is 10.0. The largest absolute Gasteiger partial charge is 0.298 e. The van der Waals surface area contributed by atoms with E-state index in [9.17, 15) is 0 Å². The summed E-state index contributed by atoms with van der Waals surface area (Å²) in [6.07, 6.45) is 5.74. The molecule has 3 fully saturated rings. The maximum Gasteiger partial charge on any atom is 0.0224 e. The third-order valence-corrected chi connectivity index (χ3v) is 6.03. The van der Waals surface area contributed by atoms with Gasteiger partial charge in [-0.05, 0) is 44.6 Å². The first-order valence-electron chi connectivity index (χ1n) is 6.76. The zero-order valence-corrected chi connectivity index (χ0v) is 11.9. The third kappa shape index (κ3) is 2.06. The minimum Gasteiger partial charge on any atom is -0.298 e. The standard InChI is InChI=1S/C13H23BrN2/c1-11-7-15-6-2-3-12(15)8-16(11)10-13(9-14)4-5-13/h11-12H,2-10H2,1H3. The van der Waals surface area contributed by atoms with E-state index >= 15 is 0 Å². The van der Waals surface area contributed by atoms with E-state index in [1.165, 1.54) is 57.2 Å². The molecule has 2 nitrogen and oxygen atoms in total. The molecule has 0 aromatic carbocycles. The summed E-state index contributed by atoms with van der Waals surface area (Å²) in [4.78, 5) is 5.48. The van der Waals surface area contributed by atoms with Gasteiger partial charge in [0.05, 0.1) is 0 Å². The quantitative estimate of drug-likeness (QED) is 0.735. The summed E-state index contributed by atoms with van der Waals surface area (Å²) in [6.45, 7) is 7.74. The van der Waals surface area contributed by atoms with Gasteiger partial charge in [-0.25, -0.2) is 0 Å². The Bertz CT molecular complexity index is 265. The zero-order chi connectivity index (χ0) is 11.2. The van der Waals surface area contributed by atoms with Crippen LogP contribution < -0.4 is 0 Å². The van der Waals surface area contributed by atoms with Crippen molar-refractivity contribution >= 4 is 15.9 Å². The van der Waals surface area contributed by atoms with E-state index in [1.807, 2.05) is 0 Å². The van der Waals surface area contributed by atoms with Crippen molar-refractivity contribution in [3.05, 3.63) is 0 Å². The van der Waals surface area contributed by atoms with Crippen LogP contribution in [0.1, 0.15) is 32.6 Å². The molecule has 0 N–H and O–H groups in total. The minimum absolute atomic E-state index is 0.648. The van der Waals surface area contributed by atoms with Crippen LogP contribution in [0.3, 0.4) is 0 Å². The highest BCUT2D eigenvalue weighted by molar-refractivity contribution is 9.09. The molecule has 1 aliphatic carbocycles. The van der Waals surface area contributed by atoms with Crippen molar-refractivity contribution in [3.8, 4) is 0 Å². The number of nitrogens with zero attached hydrogens (tertiary/aromatic N) is 2. The average Bonchev–Trinajstić information content (AvgIpc) is 2.91. The second-order valence-corrected chi connectivity index (χ2v) is 6.76. The van der Waals surface area contributed by atoms with E-state index in [-0.39, 0.29) is 0 Å². The highest BCUT2D eigenvalue weighted by Crippen LogP contribution is 2.48. The number of piperazine rings is 1. The van der Waals surface area contributed by atoms with E-state index in [2.05, 4.69) is 32.7 Å². The predicted octanol–water partition coefficient (Wildman–Crippen LogP) is 2.33. The van der Waals surface area contributed by atoms with Gasteiger partial charge < -0.3 is 0 Å². The molecule has 1 saturated carbocycles. The van der Waals surface area contributed by atoms with Crippen molar-refractivity contribution in [2.75, 3.05) is 31.5 Å². The van der Waals surface area contributed by atoms with E-state index in [0.717, 1.165) is 12.1 Å². The van der Waals surface area contributed by atoms with Gasteiger partial charge in [-0.2, -0.15) is 0 Å². The summed E-state index contributed by atoms with van der Waals surface area (Å²) in [5.74, 6) is 0. The van der Waals surface area contributed by atoms with Gasteiger partial charge >= 0.3 is 0 Å². The van der Waals surface area contributed by atoms with Crippen LogP contribution in [-0.4, -0.2) is 53.4 Å². The fraction of sp³-hybridized carbons (Fsp3) is 1.00. The van der Waals surface area contributed by atoms with E-state index < -0.39 is 0 Å². The molecular formula is C13H23BrN2. The molecule has 2 unspecified atom stereocenters. The van der Waals surface area contributed by atoms with Crippen LogP contribution in [0.15, 0.2) is 0 Å². The third-order valence-electron chi connectivity index (χ3n) is 4.85. The average molecular weight is 287 g/mol. The van der Waals surface area contributed by atoms with Crippen molar-refractivity contribution in [1.82, 2.24) is 9.80 Å². The van der Waals surface area contributed by atoms with Gasteiger partial charge in [0.2, 0.25) is 0 Å². The zero-order valence-electron chi connectivity index (χ0n) is 10.3. The molecule has 3 rings (SSSR count). The smallest absolute Gasteiger partial charge is 0.0224 e. The van der Waals surface area contributed by atoms with Crippen LogP contribution in [0.2, 0.25) is 0 Å². The van der Waals surface area contributed by atoms with Crippen LogP contribution in [0.4, 0.5) is 0 Å². The molecule has 0 radical (unpaired) electrons. The second-order valence-electron chi connectivity index (χ2n) is 6.20. The Balaban J connectivity index is 1.62. The molecule has 0 aromatic rings. The fourth-order valence-electron chi connectivity index (χ4n) is 3.41. The Morgan fingerprint density at radius 2 is 2.12 bits per heavy atom. The molecule has 0 spiro atoms. The molecule has 92 valence electrons. The summed E-state index contributed by atoms with van der Waals surface area (Å²) in [5.41, 5.74) is 0.648. The lowest BCUT2D eigenvalue weighted by Gasteiger charge is -2.43. The molecular weight excluding hydrogens is 264 g/mol. The molecule has 3 heteroatoms. The van der Waals surface area contributed by atoms with Crippen molar-refractivity contribution in [1.29, 1.82) is 0 Å². The molecule has 2 aliphatic heterocycles. The van der Waals surface area contributed by atoms with Gasteiger partial charge in [-0.15, -0.1) is 0 Å². The van der Waals surface area contributed by atoms with Crippen LogP contribution in [0.25, 0.3) is 0 Å². The maximum atomic E-state index is 3.70. The number of rotatable bonds is 3. The molecule has 0 aromatic heterocycles. The molecule has 16 heavy (non-hydrogen) atoms. The maximum absolute atomic E-state index is 3.70. The Kier molecular flexibility index (Phi) is 3.05. The number of alkyl halides is 1. The summed E-state index contributed by atoms with van der Waals surface area (Å²) < 4.78 is 0. The summed E-state index contributed by atoms with van der Waals surface area (Å²) >= 11 is 3.70. The molecule has 2 saturated heterocycles. The molecule has 0 amide bonds. The number of fused-ring (bicyclic) bond motifs is 1. The van der Waals surface area contributed by atoms with Gasteiger partial charge in [0.15, 0.2) is 0 Å². The van der Waals surface area contributed by atoms with Gasteiger partial charge in [0, 0.05) is 37.0 Å². The summed E-state index contributed by atoms with van der Waals surface area (Å²) in [7, 11) is 0. The van der Waals surface area contributed by atoms with Gasteiger partial charge in [-0.3, -0.25) is 9.80 Å². The van der Waals surface area contributed by atoms with Gasteiger partial charge in [0.1, 0.15) is 0 Å². The monoisotopic (exact) mass is 286 g/mol. The van der Waals surface area contributed by atoms with Crippen molar-refractivity contribution in [2.45, 2.75) is 44.7 Å². The summed E-state index contributed by atoms with van der Waals surface area (Å²) in [6, 6.07) is 1.65. The molecule has 2 atom stereocenters. The second kappa shape index (κ2) is 4.25. The Morgan fingerprint density at radius 3 is 2.81 bits per heavy atom. The molecule has 0 bridgehead atoms. The van der Waals surface area contributed by atoms with E-state index in [0.29, 0.717) is 5.41 Å². The topological polar surface area (TPSA) is 6.48 Å². The number of hydrogen-bond donors (Lipinski definition) is 0. The first kappa shape index (κ1) is 11.5. The van der Waals surface area contributed by atoms with Crippen LogP contribution in [0.5, 0.6) is 0 Å². The SMILES string of the molecule is CC1CN2CCCC2CN1CC1(CBr)CC1. The lowest BCUT2D eigenvalue weighted by Crippen LogP contribution is -2.56. The predicted molar refractivity (Wildman–Crippen MR) is 71.1 cm³/mol. The van der Waals surface area contributed by atoms with Crippen molar-refractivity contribution in [3.63, 3.8) is 0 Å². The van der Waals surface area contributed by atoms with E-state index in [1.54, 1.807) is 0 Å². The van der Waals surface area contributed by atoms with Crippen molar-refractivity contribution in [2.24, 2.45) is 5.41 Å². The first-order valence-corrected chi connectivity index (χ1v) is 7.89. The Morgan fingerprint density at radius 1 is 1.31 bits per heavy atom. The van der Waals surface area contributed by atoms with Crippen LogP contribution in [0, 0.1) is 5.41 Å². The number of halogens is 1. The lowest BCUT2D eigenvalue weighted by molar-refractivity contribution is 0.0475. The first-order chi connectivity index (χ1) is 7.72.